The molecule has 1 saturated heterocycles. The van der Waals surface area contributed by atoms with Crippen molar-refractivity contribution in [2.24, 2.45) is 0 Å². The van der Waals surface area contributed by atoms with Gasteiger partial charge in [0.25, 0.3) is 0 Å². The average molecular weight is 345 g/mol. The Hall–Kier alpha value is -1.59. The van der Waals surface area contributed by atoms with Crippen LogP contribution in [0.4, 0.5) is 4.79 Å². The smallest absolute Gasteiger partial charge is 0.317 e. The molecule has 138 valence electrons. The predicted molar refractivity (Wildman–Crippen MR) is 102 cm³/mol. The molecule has 1 fully saturated rings. The Balaban J connectivity index is 1.57. The first-order valence-corrected chi connectivity index (χ1v) is 9.35. The van der Waals surface area contributed by atoms with Gasteiger partial charge in [0.2, 0.25) is 0 Å². The molecule has 0 bridgehead atoms. The summed E-state index contributed by atoms with van der Waals surface area (Å²) in [6, 6.07) is 8.86. The van der Waals surface area contributed by atoms with Crippen molar-refractivity contribution in [2.75, 3.05) is 47.8 Å². The van der Waals surface area contributed by atoms with Gasteiger partial charge in [0, 0.05) is 25.2 Å². The van der Waals surface area contributed by atoms with Crippen molar-refractivity contribution in [3.05, 3.63) is 35.4 Å². The zero-order valence-electron chi connectivity index (χ0n) is 16.1. The minimum absolute atomic E-state index is 0.0537. The van der Waals surface area contributed by atoms with Gasteiger partial charge >= 0.3 is 6.03 Å². The minimum Gasteiger partial charge on any atom is -0.336 e. The number of benzene rings is 1. The highest BCUT2D eigenvalue weighted by atomic mass is 16.2. The normalized spacial score (nSPS) is 20.5. The quantitative estimate of drug-likeness (QED) is 0.906. The van der Waals surface area contributed by atoms with Crippen LogP contribution in [0.3, 0.4) is 0 Å². The third-order valence-corrected chi connectivity index (χ3v) is 6.33. The van der Waals surface area contributed by atoms with E-state index in [2.05, 4.69) is 60.5 Å². The maximum atomic E-state index is 12.7. The van der Waals surface area contributed by atoms with Crippen LogP contribution in [0.1, 0.15) is 24.0 Å². The second kappa shape index (κ2) is 7.34. The molecule has 5 heteroatoms. The van der Waals surface area contributed by atoms with Crippen LogP contribution in [-0.4, -0.2) is 80.1 Å². The molecule has 5 nitrogen and oxygen atoms in total. The molecule has 3 rings (SSSR count). The van der Waals surface area contributed by atoms with Crippen LogP contribution < -0.4 is 5.32 Å². The Bertz CT molecular complexity index is 582. The van der Waals surface area contributed by atoms with Gasteiger partial charge in [0.1, 0.15) is 0 Å². The number of likely N-dealkylation sites (N-methyl/N-ethyl adjacent to an activating group) is 2. The number of likely N-dealkylation sites (tertiary alicyclic amines) is 1. The molecule has 0 radical (unpaired) electrons. The highest BCUT2D eigenvalue weighted by molar-refractivity contribution is 5.74. The minimum atomic E-state index is 0.0537. The van der Waals surface area contributed by atoms with E-state index >= 15 is 0 Å². The maximum Gasteiger partial charge on any atom is 0.317 e. The number of nitrogens with one attached hydrogen (secondary N) is 1. The third kappa shape index (κ3) is 3.82. The maximum absolute atomic E-state index is 12.7. The summed E-state index contributed by atoms with van der Waals surface area (Å²) in [6.45, 7) is 2.89. The van der Waals surface area contributed by atoms with Crippen LogP contribution in [0.15, 0.2) is 24.3 Å². The van der Waals surface area contributed by atoms with Crippen LogP contribution in [0.5, 0.6) is 0 Å². The SMILES string of the molecule is CN1CCC(CNC(=O)N(C)C2Cc3ccccc3C2)(N(C)C)CC1. The van der Waals surface area contributed by atoms with Crippen molar-refractivity contribution in [3.63, 3.8) is 0 Å². The van der Waals surface area contributed by atoms with Crippen molar-refractivity contribution in [3.8, 4) is 0 Å². The van der Waals surface area contributed by atoms with E-state index in [0.717, 1.165) is 45.3 Å². The van der Waals surface area contributed by atoms with E-state index in [-0.39, 0.29) is 17.6 Å². The fraction of sp³-hybridized carbons (Fsp3) is 0.650. The van der Waals surface area contributed by atoms with E-state index in [1.165, 1.54) is 11.1 Å². The monoisotopic (exact) mass is 344 g/mol. The molecule has 0 unspecified atom stereocenters. The van der Waals surface area contributed by atoms with Gasteiger partial charge in [0.05, 0.1) is 0 Å². The van der Waals surface area contributed by atoms with E-state index in [0.29, 0.717) is 0 Å². The fourth-order valence-electron chi connectivity index (χ4n) is 4.16. The molecule has 0 saturated carbocycles. The lowest BCUT2D eigenvalue weighted by atomic mass is 9.86. The Kier molecular flexibility index (Phi) is 5.35. The van der Waals surface area contributed by atoms with Gasteiger partial charge in [-0.05, 0) is 71.0 Å². The Morgan fingerprint density at radius 1 is 1.16 bits per heavy atom. The molecule has 1 aromatic rings. The first-order valence-electron chi connectivity index (χ1n) is 9.35. The molecule has 1 aliphatic carbocycles. The van der Waals surface area contributed by atoms with E-state index in [1.807, 2.05) is 11.9 Å². The van der Waals surface area contributed by atoms with Crippen LogP contribution in [0.2, 0.25) is 0 Å². The molecule has 1 N–H and O–H groups in total. The molecule has 1 aliphatic heterocycles. The number of carbonyl (C=O) groups excluding carboxylic acids is 1. The van der Waals surface area contributed by atoms with Crippen molar-refractivity contribution in [1.29, 1.82) is 0 Å². The molecule has 0 aromatic heterocycles. The lowest BCUT2D eigenvalue weighted by molar-refractivity contribution is 0.0661. The standard InChI is InChI=1S/C20H32N4O/c1-22(2)20(9-11-23(3)12-10-20)15-21-19(25)24(4)18-13-16-7-5-6-8-17(16)14-18/h5-8,18H,9-15H2,1-4H3,(H,21,25). The summed E-state index contributed by atoms with van der Waals surface area (Å²) in [4.78, 5) is 19.3. The summed E-state index contributed by atoms with van der Waals surface area (Å²) in [5.74, 6) is 0. The number of urea groups is 1. The molecule has 2 aliphatic rings. The second-order valence-corrected chi connectivity index (χ2v) is 8.02. The number of hydrogen-bond donors (Lipinski definition) is 1. The molecular formula is C20H32N4O. The van der Waals surface area contributed by atoms with Gasteiger partial charge in [-0.2, -0.15) is 0 Å². The number of hydrogen-bond acceptors (Lipinski definition) is 3. The highest BCUT2D eigenvalue weighted by Gasteiger charge is 2.36. The van der Waals surface area contributed by atoms with Gasteiger partial charge in [-0.25, -0.2) is 4.79 Å². The second-order valence-electron chi connectivity index (χ2n) is 8.02. The highest BCUT2D eigenvalue weighted by Crippen LogP contribution is 2.27. The Labute approximate surface area is 152 Å². The van der Waals surface area contributed by atoms with Crippen LogP contribution in [-0.2, 0) is 12.8 Å². The van der Waals surface area contributed by atoms with Crippen molar-refractivity contribution >= 4 is 6.03 Å². The number of amides is 2. The average Bonchev–Trinajstić information content (AvgIpc) is 3.04. The summed E-state index contributed by atoms with van der Waals surface area (Å²) >= 11 is 0. The van der Waals surface area contributed by atoms with Crippen molar-refractivity contribution in [2.45, 2.75) is 37.3 Å². The molecule has 1 heterocycles. The largest absolute Gasteiger partial charge is 0.336 e. The molecule has 25 heavy (non-hydrogen) atoms. The van der Waals surface area contributed by atoms with Crippen LogP contribution in [0.25, 0.3) is 0 Å². The lowest BCUT2D eigenvalue weighted by Crippen LogP contribution is -2.59. The number of carbonyl (C=O) groups is 1. The molecule has 0 spiro atoms. The number of nitrogens with zero attached hydrogens (tertiary/aromatic N) is 3. The zero-order valence-corrected chi connectivity index (χ0v) is 16.1. The van der Waals surface area contributed by atoms with E-state index in [1.54, 1.807) is 0 Å². The number of fused-ring (bicyclic) bond motifs is 1. The first-order chi connectivity index (χ1) is 11.9. The summed E-state index contributed by atoms with van der Waals surface area (Å²) in [5.41, 5.74) is 2.83. The Morgan fingerprint density at radius 2 is 1.72 bits per heavy atom. The van der Waals surface area contributed by atoms with E-state index < -0.39 is 0 Å². The van der Waals surface area contributed by atoms with Crippen LogP contribution in [0, 0.1) is 0 Å². The summed E-state index contributed by atoms with van der Waals surface area (Å²) in [6.07, 6.45) is 4.11. The van der Waals surface area contributed by atoms with Gasteiger partial charge in [-0.15, -0.1) is 0 Å². The summed E-state index contributed by atoms with van der Waals surface area (Å²) in [7, 11) is 8.37. The van der Waals surface area contributed by atoms with Crippen molar-refractivity contribution in [1.82, 2.24) is 20.0 Å². The first kappa shape index (κ1) is 18.2. The Morgan fingerprint density at radius 3 is 2.24 bits per heavy atom. The van der Waals surface area contributed by atoms with Gasteiger partial charge < -0.3 is 20.0 Å². The molecule has 2 amide bonds. The lowest BCUT2D eigenvalue weighted by Gasteiger charge is -2.45. The van der Waals surface area contributed by atoms with E-state index in [9.17, 15) is 4.79 Å². The summed E-state index contributed by atoms with van der Waals surface area (Å²) < 4.78 is 0. The predicted octanol–water partition coefficient (Wildman–Crippen LogP) is 1.82. The van der Waals surface area contributed by atoms with E-state index in [4.69, 9.17) is 0 Å². The van der Waals surface area contributed by atoms with Gasteiger partial charge in [-0.1, -0.05) is 24.3 Å². The zero-order chi connectivity index (χ0) is 18.0. The van der Waals surface area contributed by atoms with Crippen LogP contribution >= 0.6 is 0 Å². The van der Waals surface area contributed by atoms with Gasteiger partial charge in [-0.3, -0.25) is 0 Å². The number of rotatable bonds is 4. The summed E-state index contributed by atoms with van der Waals surface area (Å²) in [5, 5.41) is 3.22. The molecular weight excluding hydrogens is 312 g/mol. The number of piperidine rings is 1. The molecule has 1 aromatic carbocycles. The molecule has 0 atom stereocenters. The fourth-order valence-corrected chi connectivity index (χ4v) is 4.16. The topological polar surface area (TPSA) is 38.8 Å². The third-order valence-electron chi connectivity index (χ3n) is 6.33. The van der Waals surface area contributed by atoms with Gasteiger partial charge in [0.15, 0.2) is 0 Å². The van der Waals surface area contributed by atoms with Crippen molar-refractivity contribution < 1.29 is 4.79 Å².